The number of nitrogens with one attached hydrogen (secondary N) is 1. The number of nitrogens with zero attached hydrogens (tertiary/aromatic N) is 2. The summed E-state index contributed by atoms with van der Waals surface area (Å²) in [6.45, 7) is 7.66. The van der Waals surface area contributed by atoms with Gasteiger partial charge in [-0.05, 0) is 86.8 Å². The Balaban J connectivity index is 1.38. The van der Waals surface area contributed by atoms with E-state index in [0.717, 1.165) is 44.3 Å². The van der Waals surface area contributed by atoms with Gasteiger partial charge >= 0.3 is 0 Å². The molecule has 2 unspecified atom stereocenters. The van der Waals surface area contributed by atoms with Gasteiger partial charge in [-0.15, -0.1) is 0 Å². The van der Waals surface area contributed by atoms with Crippen molar-refractivity contribution in [2.45, 2.75) is 65.3 Å². The van der Waals surface area contributed by atoms with Crippen LogP contribution in [-0.2, 0) is 9.59 Å². The maximum Gasteiger partial charge on any atom is 0.246 e. The molecule has 1 aromatic heterocycles. The molecule has 0 saturated heterocycles. The fourth-order valence-corrected chi connectivity index (χ4v) is 8.07. The zero-order valence-electron chi connectivity index (χ0n) is 19.0. The molecule has 3 saturated carbocycles. The number of hydrogen-bond acceptors (Lipinski definition) is 3. The number of anilines is 1. The maximum atomic E-state index is 13.2. The second kappa shape index (κ2) is 7.46. The Labute approximate surface area is 185 Å². The monoisotopic (exact) mass is 421 g/mol. The van der Waals surface area contributed by atoms with Crippen LogP contribution in [0.1, 0.15) is 59.3 Å². The van der Waals surface area contributed by atoms with Crippen molar-refractivity contribution in [2.24, 2.45) is 34.5 Å². The molecule has 3 fully saturated rings. The number of aromatic nitrogens is 1. The van der Waals surface area contributed by atoms with Gasteiger partial charge in [0.2, 0.25) is 11.8 Å². The highest BCUT2D eigenvalue weighted by molar-refractivity contribution is 5.93. The highest BCUT2D eigenvalue weighted by atomic mass is 16.2. The van der Waals surface area contributed by atoms with Crippen LogP contribution in [0.5, 0.6) is 0 Å². The second-order valence-corrected chi connectivity index (χ2v) is 10.7. The smallest absolute Gasteiger partial charge is 0.246 e. The Bertz CT molecular complexity index is 899. The summed E-state index contributed by atoms with van der Waals surface area (Å²) in [6.07, 6.45) is 14.2. The van der Waals surface area contributed by atoms with Crippen LogP contribution in [0.4, 0.5) is 5.69 Å². The van der Waals surface area contributed by atoms with Crippen LogP contribution in [0.3, 0.4) is 0 Å². The molecule has 5 rings (SSSR count). The molecule has 5 heteroatoms. The molecule has 0 bridgehead atoms. The Morgan fingerprint density at radius 3 is 2.77 bits per heavy atom. The number of carbonyl (C=O) groups excluding carboxylic acids is 2. The quantitative estimate of drug-likeness (QED) is 0.772. The van der Waals surface area contributed by atoms with Gasteiger partial charge in [0.15, 0.2) is 0 Å². The van der Waals surface area contributed by atoms with Crippen molar-refractivity contribution >= 4 is 17.5 Å². The highest BCUT2D eigenvalue weighted by Crippen LogP contribution is 2.65. The molecule has 7 atom stereocenters. The average Bonchev–Trinajstić information content (AvgIpc) is 3.12. The van der Waals surface area contributed by atoms with E-state index in [2.05, 4.69) is 42.0 Å². The van der Waals surface area contributed by atoms with Crippen LogP contribution in [0.25, 0.3) is 0 Å². The van der Waals surface area contributed by atoms with Gasteiger partial charge in [-0.2, -0.15) is 0 Å². The third-order valence-electron chi connectivity index (χ3n) is 9.56. The van der Waals surface area contributed by atoms with E-state index < -0.39 is 0 Å². The maximum absolute atomic E-state index is 13.2. The molecule has 0 spiro atoms. The second-order valence-electron chi connectivity index (χ2n) is 10.7. The zero-order valence-corrected chi connectivity index (χ0v) is 19.0. The first-order valence-corrected chi connectivity index (χ1v) is 12.1. The lowest BCUT2D eigenvalue weighted by Gasteiger charge is -2.60. The lowest BCUT2D eigenvalue weighted by atomic mass is 9.47. The lowest BCUT2D eigenvalue weighted by Crippen LogP contribution is -2.60. The first-order chi connectivity index (χ1) is 14.9. The molecule has 166 valence electrons. The molecule has 0 radical (unpaired) electrons. The number of pyridine rings is 1. The number of rotatable bonds is 3. The molecule has 1 aromatic rings. The van der Waals surface area contributed by atoms with E-state index in [4.69, 9.17) is 0 Å². The van der Waals surface area contributed by atoms with E-state index in [1.54, 1.807) is 12.4 Å². The van der Waals surface area contributed by atoms with Crippen LogP contribution >= 0.6 is 0 Å². The predicted molar refractivity (Wildman–Crippen MR) is 121 cm³/mol. The fourth-order valence-electron chi connectivity index (χ4n) is 8.07. The third-order valence-corrected chi connectivity index (χ3v) is 9.56. The summed E-state index contributed by atoms with van der Waals surface area (Å²) < 4.78 is 0. The van der Waals surface area contributed by atoms with Crippen LogP contribution < -0.4 is 5.32 Å². The third kappa shape index (κ3) is 3.07. The van der Waals surface area contributed by atoms with Gasteiger partial charge in [-0.25, -0.2) is 0 Å². The van der Waals surface area contributed by atoms with Gasteiger partial charge in [-0.3, -0.25) is 14.6 Å². The van der Waals surface area contributed by atoms with Gasteiger partial charge in [0, 0.05) is 30.1 Å². The van der Waals surface area contributed by atoms with E-state index in [1.807, 2.05) is 18.2 Å². The Morgan fingerprint density at radius 1 is 1.19 bits per heavy atom. The molecule has 4 aliphatic rings. The largest absolute Gasteiger partial charge is 0.336 e. The van der Waals surface area contributed by atoms with E-state index in [1.165, 1.54) is 6.42 Å². The summed E-state index contributed by atoms with van der Waals surface area (Å²) >= 11 is 0. The Kier molecular flexibility index (Phi) is 4.98. The minimum absolute atomic E-state index is 0.0597. The molecular formula is C26H35N3O2. The van der Waals surface area contributed by atoms with Gasteiger partial charge < -0.3 is 10.2 Å². The van der Waals surface area contributed by atoms with Crippen LogP contribution in [0, 0.1) is 34.5 Å². The lowest BCUT2D eigenvalue weighted by molar-refractivity contribution is -0.143. The average molecular weight is 422 g/mol. The van der Waals surface area contributed by atoms with Crippen LogP contribution in [0.2, 0.25) is 0 Å². The van der Waals surface area contributed by atoms with E-state index in [0.29, 0.717) is 23.8 Å². The first kappa shape index (κ1) is 20.7. The van der Waals surface area contributed by atoms with Gasteiger partial charge in [0.05, 0.1) is 11.9 Å². The Morgan fingerprint density at radius 2 is 2.03 bits per heavy atom. The number of hydrogen-bond donors (Lipinski definition) is 1. The zero-order chi connectivity index (χ0) is 21.8. The number of amides is 2. The molecule has 31 heavy (non-hydrogen) atoms. The molecule has 1 aliphatic heterocycles. The van der Waals surface area contributed by atoms with Gasteiger partial charge in [-0.1, -0.05) is 19.9 Å². The van der Waals surface area contributed by atoms with E-state index in [-0.39, 0.29) is 28.6 Å². The Hall–Kier alpha value is -2.17. The number of carbonyl (C=O) groups is 2. The fraction of sp³-hybridized carbons (Fsp3) is 0.654. The van der Waals surface area contributed by atoms with Crippen molar-refractivity contribution < 1.29 is 9.59 Å². The van der Waals surface area contributed by atoms with Crippen molar-refractivity contribution in [1.82, 2.24) is 9.88 Å². The van der Waals surface area contributed by atoms with Crippen molar-refractivity contribution in [3.8, 4) is 0 Å². The van der Waals surface area contributed by atoms with Gasteiger partial charge in [0.25, 0.3) is 0 Å². The predicted octanol–water partition coefficient (Wildman–Crippen LogP) is 4.67. The minimum atomic E-state index is 0.0597. The SMILES string of the molecule is CCN1C(=O)C=C[C@@]2(C)C1CC[C@@H]1[C@H]2CC[C@]2(C)C(C(=O)Nc3cccnc3)CC[C@@H]12. The van der Waals surface area contributed by atoms with Crippen molar-refractivity contribution in [3.05, 3.63) is 36.7 Å². The summed E-state index contributed by atoms with van der Waals surface area (Å²) in [7, 11) is 0. The molecule has 2 heterocycles. The number of likely N-dealkylation sites (N-methyl/N-ethyl adjacent to an activating group) is 1. The van der Waals surface area contributed by atoms with Crippen molar-refractivity contribution in [1.29, 1.82) is 0 Å². The summed E-state index contributed by atoms with van der Waals surface area (Å²) in [5, 5.41) is 3.13. The molecule has 5 nitrogen and oxygen atoms in total. The first-order valence-electron chi connectivity index (χ1n) is 12.1. The standard InChI is InChI=1S/C26H35N3O2/c1-4-29-22-10-7-18-19-8-9-21(24(31)28-17-6-5-15-27-16-17)25(19,2)13-11-20(18)26(22,3)14-12-23(29)30/h5-6,12,14-16,18-22H,4,7-11,13H2,1-3H3,(H,28,31)/t18-,19-,20+,21?,22?,25-,26+/m0/s1. The minimum Gasteiger partial charge on any atom is -0.336 e. The van der Waals surface area contributed by atoms with E-state index in [9.17, 15) is 9.59 Å². The normalized spacial score (nSPS) is 41.3. The topological polar surface area (TPSA) is 62.3 Å². The van der Waals surface area contributed by atoms with Gasteiger partial charge in [0.1, 0.15) is 0 Å². The molecule has 2 amide bonds. The molecule has 1 N–H and O–H groups in total. The van der Waals surface area contributed by atoms with Crippen molar-refractivity contribution in [2.75, 3.05) is 11.9 Å². The van der Waals surface area contributed by atoms with Crippen molar-refractivity contribution in [3.63, 3.8) is 0 Å². The summed E-state index contributed by atoms with van der Waals surface area (Å²) in [4.78, 5) is 32.0. The highest BCUT2D eigenvalue weighted by Gasteiger charge is 2.61. The summed E-state index contributed by atoms with van der Waals surface area (Å²) in [5.74, 6) is 2.25. The van der Waals surface area contributed by atoms with E-state index >= 15 is 0 Å². The molecule has 3 aliphatic carbocycles. The van der Waals surface area contributed by atoms with Crippen LogP contribution in [-0.4, -0.2) is 34.3 Å². The number of fused-ring (bicyclic) bond motifs is 5. The van der Waals surface area contributed by atoms with Crippen LogP contribution in [0.15, 0.2) is 36.7 Å². The molecular weight excluding hydrogens is 386 g/mol. The summed E-state index contributed by atoms with van der Waals surface area (Å²) in [6, 6.07) is 4.10. The molecule has 0 aromatic carbocycles. The summed E-state index contributed by atoms with van der Waals surface area (Å²) in [5.41, 5.74) is 0.914.